The fourth-order valence-electron chi connectivity index (χ4n) is 0. The summed E-state index contributed by atoms with van der Waals surface area (Å²) in [5, 5.41) is 7.90. The number of rotatable bonds is 1. The van der Waals surface area contributed by atoms with Crippen LogP contribution in [0.5, 0.6) is 0 Å². The van der Waals surface area contributed by atoms with Crippen LogP contribution in [0.25, 0.3) is 0 Å². The second-order valence-electron chi connectivity index (χ2n) is 0.418. The lowest BCUT2D eigenvalue weighted by Crippen LogP contribution is -2.02. The molecule has 0 bridgehead atoms. The Morgan fingerprint density at radius 2 is 2.50 bits per heavy atom. The molecule has 4 heavy (non-hydrogen) atoms. The van der Waals surface area contributed by atoms with Gasteiger partial charge in [0.05, 0.1) is 7.95 Å². The Labute approximate surface area is 26.6 Å². The highest BCUT2D eigenvalue weighted by Gasteiger charge is 1.56. The molecule has 0 fully saturated rings. The molecule has 0 aromatic rings. The van der Waals surface area contributed by atoms with E-state index in [1.165, 1.54) is 0 Å². The third-order valence-corrected chi connectivity index (χ3v) is 0.105. The van der Waals surface area contributed by atoms with Gasteiger partial charge >= 0.3 is 0 Å². The molecule has 0 aliphatic rings. The van der Waals surface area contributed by atoms with Gasteiger partial charge in [-0.05, 0) is 0 Å². The van der Waals surface area contributed by atoms with Crippen molar-refractivity contribution in [2.24, 2.45) is 5.73 Å². The summed E-state index contributed by atoms with van der Waals surface area (Å²) in [4.78, 5) is 0. The molecule has 26 valence electrons. The second-order valence-corrected chi connectivity index (χ2v) is 0.418. The monoisotopic (exact) mass is 62.1 g/mol. The predicted molar refractivity (Wildman–Crippen MR) is 16.1 cm³/mol. The molecule has 3 N–H and O–H groups in total. The fourth-order valence-corrected chi connectivity index (χ4v) is 0. The summed E-state index contributed by atoms with van der Waals surface area (Å²) in [7, 11) is 0. The van der Waals surface area contributed by atoms with E-state index in [0.29, 0.717) is 0 Å². The second kappa shape index (κ2) is 2.92. The lowest BCUT2D eigenvalue weighted by Gasteiger charge is -1.71. The first kappa shape index (κ1) is 2.18. The molecule has 0 aliphatic heterocycles. The van der Waals surface area contributed by atoms with Crippen molar-refractivity contribution in [3.8, 4) is 0 Å². The first-order chi connectivity index (χ1) is 2.27. The zero-order chi connectivity index (χ0) is 4.28. The summed E-state index contributed by atoms with van der Waals surface area (Å²) in [6.45, 7) is -1.06. The van der Waals surface area contributed by atoms with E-state index in [1.54, 1.807) is 0 Å². The van der Waals surface area contributed by atoms with Crippen LogP contribution in [0, 0.1) is 0 Å². The molecule has 0 rings (SSSR count). The Morgan fingerprint density at radius 3 is 2.50 bits per heavy atom. The van der Waals surface area contributed by atoms with Gasteiger partial charge in [0.15, 0.2) is 0 Å². The molecule has 1 unspecified atom stereocenters. The fraction of sp³-hybridized carbons (Fsp3) is 1.00. The van der Waals surface area contributed by atoms with E-state index in [-0.39, 0.29) is 6.54 Å². The van der Waals surface area contributed by atoms with Crippen LogP contribution in [0.15, 0.2) is 0 Å². The Balaban J connectivity index is 2.54. The third kappa shape index (κ3) is 1.92. The van der Waals surface area contributed by atoms with Gasteiger partial charge in [-0.15, -0.1) is 0 Å². The molecule has 0 aromatic heterocycles. The van der Waals surface area contributed by atoms with Crippen LogP contribution >= 0.6 is 0 Å². The van der Waals surface area contributed by atoms with E-state index in [9.17, 15) is 0 Å². The van der Waals surface area contributed by atoms with Gasteiger partial charge in [-0.3, -0.25) is 0 Å². The first-order valence-electron chi connectivity index (χ1n) is 1.65. The Bertz CT molecular complexity index is 23.6. The molecule has 2 nitrogen and oxygen atoms in total. The molecule has 0 saturated heterocycles. The van der Waals surface area contributed by atoms with Crippen LogP contribution in [0.2, 0.25) is 0 Å². The van der Waals surface area contributed by atoms with Crippen molar-refractivity contribution < 1.29 is 6.48 Å². The highest BCUT2D eigenvalue weighted by atomic mass is 16.3. The number of hydrogen-bond donors (Lipinski definition) is 2. The molecule has 0 amide bonds. The normalized spacial score (nSPS) is 19.0. The number of nitrogens with two attached hydrogens (primary N) is 1. The summed E-state index contributed by atoms with van der Waals surface area (Å²) < 4.78 is 6.26. The van der Waals surface area contributed by atoms with Crippen LogP contribution in [0.4, 0.5) is 0 Å². The average Bonchev–Trinajstić information content (AvgIpc) is 1.38. The summed E-state index contributed by atoms with van der Waals surface area (Å²) in [5.41, 5.74) is 4.73. The van der Waals surface area contributed by atoms with E-state index in [1.807, 2.05) is 0 Å². The number of aliphatic hydroxyl groups excluding tert-OH is 1. The quantitative estimate of drug-likeness (QED) is 0.406. The van der Waals surface area contributed by atoms with Crippen molar-refractivity contribution in [3.05, 3.63) is 0 Å². The molecule has 0 spiro atoms. The maximum atomic E-state index is 7.90. The van der Waals surface area contributed by atoms with E-state index in [4.69, 9.17) is 12.2 Å². The molecule has 1 atom stereocenters. The van der Waals surface area contributed by atoms with Crippen molar-refractivity contribution in [2.75, 3.05) is 13.1 Å². The predicted octanol–water partition coefficient (Wildman–Crippen LogP) is -1.06. The Kier molecular flexibility index (Phi) is 1.59. The minimum absolute atomic E-state index is 0.0278. The van der Waals surface area contributed by atoms with Gasteiger partial charge in [-0.1, -0.05) is 0 Å². The molecule has 0 aromatic carbocycles. The molecule has 0 heterocycles. The number of aliphatic hydroxyl groups is 1. The van der Waals surface area contributed by atoms with E-state index in [2.05, 4.69) is 0 Å². The highest BCUT2D eigenvalue weighted by Crippen LogP contribution is 1.33. The molecule has 2 heteroatoms. The van der Waals surface area contributed by atoms with Crippen LogP contribution in [0.1, 0.15) is 1.37 Å². The standard InChI is InChI=1S/C2H7NO/c3-1-2-4/h4H,1-3H2/i2D. The van der Waals surface area contributed by atoms with Gasteiger partial charge in [0.1, 0.15) is 0 Å². The van der Waals surface area contributed by atoms with Gasteiger partial charge in [0, 0.05) is 6.54 Å². The average molecular weight is 62.1 g/mol. The largest absolute Gasteiger partial charge is 0.395 e. The van der Waals surface area contributed by atoms with Crippen molar-refractivity contribution in [1.29, 1.82) is 0 Å². The minimum Gasteiger partial charge on any atom is -0.395 e. The summed E-state index contributed by atoms with van der Waals surface area (Å²) in [6.07, 6.45) is 0. The highest BCUT2D eigenvalue weighted by molar-refractivity contribution is 4.17. The van der Waals surface area contributed by atoms with E-state index < -0.39 is 6.58 Å². The van der Waals surface area contributed by atoms with Crippen LogP contribution in [0.3, 0.4) is 0 Å². The summed E-state index contributed by atoms with van der Waals surface area (Å²) in [5.74, 6) is 0. The van der Waals surface area contributed by atoms with Crippen LogP contribution in [-0.4, -0.2) is 18.2 Å². The maximum absolute atomic E-state index is 7.90. The molecule has 0 saturated carbocycles. The van der Waals surface area contributed by atoms with Gasteiger partial charge < -0.3 is 10.8 Å². The Morgan fingerprint density at radius 1 is 2.25 bits per heavy atom. The lowest BCUT2D eigenvalue weighted by molar-refractivity contribution is 0.306. The first-order valence-corrected chi connectivity index (χ1v) is 1.07. The van der Waals surface area contributed by atoms with Gasteiger partial charge in [0.25, 0.3) is 0 Å². The van der Waals surface area contributed by atoms with Crippen molar-refractivity contribution in [1.82, 2.24) is 0 Å². The van der Waals surface area contributed by atoms with Gasteiger partial charge in [0.2, 0.25) is 0 Å². The van der Waals surface area contributed by atoms with Gasteiger partial charge in [-0.2, -0.15) is 0 Å². The minimum atomic E-state index is -1.09. The topological polar surface area (TPSA) is 46.2 Å². The van der Waals surface area contributed by atoms with Crippen molar-refractivity contribution >= 4 is 0 Å². The lowest BCUT2D eigenvalue weighted by atomic mass is 10.8. The third-order valence-electron chi connectivity index (χ3n) is 0.105. The summed E-state index contributed by atoms with van der Waals surface area (Å²) in [6, 6.07) is 0. The zero-order valence-electron chi connectivity index (χ0n) is 3.31. The van der Waals surface area contributed by atoms with Crippen molar-refractivity contribution in [3.63, 3.8) is 0 Å². The molecule has 0 radical (unpaired) electrons. The zero-order valence-corrected chi connectivity index (χ0v) is 2.31. The van der Waals surface area contributed by atoms with Crippen molar-refractivity contribution in [2.45, 2.75) is 0 Å². The van der Waals surface area contributed by atoms with E-state index in [0.717, 1.165) is 0 Å². The molecule has 0 aliphatic carbocycles. The SMILES string of the molecule is [2H]C(O)CN. The Hall–Kier alpha value is -0.0800. The number of hydrogen-bond acceptors (Lipinski definition) is 2. The smallest absolute Gasteiger partial charge is 0.0577 e. The van der Waals surface area contributed by atoms with E-state index >= 15 is 0 Å². The van der Waals surface area contributed by atoms with Crippen LogP contribution in [-0.2, 0) is 0 Å². The van der Waals surface area contributed by atoms with Gasteiger partial charge in [-0.25, -0.2) is 0 Å². The molecular formula is C2H7NO. The maximum Gasteiger partial charge on any atom is 0.0577 e. The molecular weight excluding hydrogens is 54.0 g/mol. The summed E-state index contributed by atoms with van der Waals surface area (Å²) >= 11 is 0. The van der Waals surface area contributed by atoms with Crippen LogP contribution < -0.4 is 5.73 Å².